The summed E-state index contributed by atoms with van der Waals surface area (Å²) >= 11 is 31.0. The van der Waals surface area contributed by atoms with E-state index in [1.165, 1.54) is 74.6 Å². The van der Waals surface area contributed by atoms with Gasteiger partial charge in [-0.25, -0.2) is 71.4 Å². The zero-order chi connectivity index (χ0) is 93.8. The second-order valence-electron chi connectivity index (χ2n) is 30.3. The highest BCUT2D eigenvalue weighted by atomic mass is 32.7. The van der Waals surface area contributed by atoms with Crippen molar-refractivity contribution in [3.8, 4) is 0 Å². The topological polar surface area (TPSA) is 688 Å². The third kappa shape index (κ3) is 18.8. The van der Waals surface area contributed by atoms with Crippen LogP contribution in [0.4, 0.5) is 51.2 Å². The highest BCUT2D eigenvalue weighted by molar-refractivity contribution is 8.44. The van der Waals surface area contributed by atoms with Gasteiger partial charge in [-0.2, -0.15) is 9.67 Å². The molecule has 9 aliphatic rings. The molecule has 52 nitrogen and oxygen atoms in total. The molecule has 70 heteroatoms. The van der Waals surface area contributed by atoms with Crippen LogP contribution in [-0.2, 0) is 142 Å². The van der Waals surface area contributed by atoms with Crippen LogP contribution in [-0.4, -0.2) is 270 Å². The Kier molecular flexibility index (Phi) is 26.1. The van der Waals surface area contributed by atoms with Crippen LogP contribution in [0.15, 0.2) is 95.2 Å². The molecule has 0 spiro atoms. The number of nitrogens with two attached hydrogens (primary N) is 5. The molecule has 6 bridgehead atoms. The van der Waals surface area contributed by atoms with Gasteiger partial charge in [-0.3, -0.25) is 51.1 Å². The second kappa shape index (κ2) is 36.6. The van der Waals surface area contributed by atoms with Gasteiger partial charge in [0.25, 0.3) is 16.7 Å². The van der Waals surface area contributed by atoms with Crippen LogP contribution in [0.25, 0.3) is 66.5 Å². The average molecular weight is 2110 g/mol. The van der Waals surface area contributed by atoms with Gasteiger partial charge in [0.05, 0.1) is 91.8 Å². The minimum Gasteiger partial charge on any atom is -0.385 e. The number of aromatic amines is 3. The third-order valence-corrected chi connectivity index (χ3v) is 32.9. The molecule has 29 atom stereocenters. The molecule has 0 aliphatic carbocycles. The molecule has 9 fully saturated rings. The van der Waals surface area contributed by atoms with E-state index >= 15 is 22.0 Å². The quantitative estimate of drug-likeness (QED) is 0.0644. The summed E-state index contributed by atoms with van der Waals surface area (Å²) in [7, 11) is 0. The molecule has 0 amide bonds. The minimum atomic E-state index is -4.46. The Morgan fingerprint density at radius 2 is 0.940 bits per heavy atom. The summed E-state index contributed by atoms with van der Waals surface area (Å²) in [5.41, 5.74) is 28.8. The predicted molar refractivity (Wildman–Crippen MR) is 472 cm³/mol. The van der Waals surface area contributed by atoms with Crippen molar-refractivity contribution in [2.75, 3.05) is 68.3 Å². The molecular formula is C63H69F5N26O26P6S7. The number of nitrogens with one attached hydrogen (secondary N) is 3. The second-order valence-corrected chi connectivity index (χ2v) is 48.5. The number of ether oxygens (including phenoxy) is 5. The van der Waals surface area contributed by atoms with Crippen molar-refractivity contribution in [2.45, 2.75) is 146 Å². The number of fused-ring (bicyclic) bond motifs is 15. The van der Waals surface area contributed by atoms with Gasteiger partial charge in [0.15, 0.2) is 95.0 Å². The molecule has 9 saturated heterocycles. The first-order chi connectivity index (χ1) is 63.1. The number of nitrogen functional groups attached to an aromatic ring is 5. The monoisotopic (exact) mass is 2110 g/mol. The lowest BCUT2D eigenvalue weighted by Crippen LogP contribution is -2.34. The lowest BCUT2D eigenvalue weighted by Gasteiger charge is -2.27. The Bertz CT molecular complexity index is 6780. The number of hydrogen-bond donors (Lipinski definition) is 14. The van der Waals surface area contributed by atoms with Gasteiger partial charge in [-0.1, -0.05) is 17.5 Å². The smallest absolute Gasteiger partial charge is 0.385 e. The van der Waals surface area contributed by atoms with Gasteiger partial charge in [0.2, 0.25) is 5.95 Å². The van der Waals surface area contributed by atoms with E-state index in [0.717, 1.165) is 22.8 Å². The zero-order valence-electron chi connectivity index (χ0n) is 66.5. The molecule has 21 heterocycles. The summed E-state index contributed by atoms with van der Waals surface area (Å²) in [4.78, 5) is 139. The predicted octanol–water partition coefficient (Wildman–Crippen LogP) is 3.36. The number of thiol groups is 1. The van der Waals surface area contributed by atoms with Crippen molar-refractivity contribution in [3.05, 3.63) is 112 Å². The number of rotatable bonds is 6. The molecule has 18 N–H and O–H groups in total. The summed E-state index contributed by atoms with van der Waals surface area (Å²) in [5.74, 6) is 0.118. The summed E-state index contributed by atoms with van der Waals surface area (Å²) in [5, 5.41) is 6.53. The van der Waals surface area contributed by atoms with E-state index in [0.29, 0.717) is 21.9 Å². The van der Waals surface area contributed by atoms with E-state index in [-0.39, 0.29) is 86.8 Å². The van der Waals surface area contributed by atoms with Crippen LogP contribution in [0.3, 0.4) is 0 Å². The zero-order valence-corrected chi connectivity index (χ0v) is 77.6. The van der Waals surface area contributed by atoms with Crippen molar-refractivity contribution in [2.24, 2.45) is 0 Å². The van der Waals surface area contributed by atoms with Crippen LogP contribution in [0, 0.1) is 0 Å². The lowest BCUT2D eigenvalue weighted by molar-refractivity contribution is -0.0595. The normalized spacial score (nSPS) is 37.5. The number of thioether (sulfide) groups is 1. The fourth-order valence-corrected chi connectivity index (χ4v) is 26.3. The van der Waals surface area contributed by atoms with Crippen LogP contribution in [0.1, 0.15) is 42.9 Å². The first-order valence-corrected chi connectivity index (χ1v) is 55.4. The van der Waals surface area contributed by atoms with Crippen LogP contribution >= 0.6 is 64.4 Å². The summed E-state index contributed by atoms with van der Waals surface area (Å²) in [6.45, 7) is -28.7. The molecule has 0 aromatic carbocycles. The van der Waals surface area contributed by atoms with Gasteiger partial charge in [0, 0.05) is 31.1 Å². The largest absolute Gasteiger partial charge is 0.386 e. The first-order valence-electron chi connectivity index (χ1n) is 38.8. The van der Waals surface area contributed by atoms with E-state index < -0.39 is 230 Å². The molecule has 12 aromatic heterocycles. The summed E-state index contributed by atoms with van der Waals surface area (Å²) in [6, 6.07) is 6.18. The van der Waals surface area contributed by atoms with Gasteiger partial charge in [-0.15, -0.1) is 16.9 Å². The number of aromatic nitrogens is 21. The third-order valence-electron chi connectivity index (χ3n) is 22.0. The molecule has 0 saturated carbocycles. The number of pyridine rings is 2. The minimum absolute atomic E-state index is 0.00844. The van der Waals surface area contributed by atoms with Gasteiger partial charge in [0.1, 0.15) is 120 Å². The van der Waals surface area contributed by atoms with E-state index in [9.17, 15) is 43.4 Å². The molecule has 714 valence electrons. The van der Waals surface area contributed by atoms with E-state index in [1.54, 1.807) is 22.8 Å². The Morgan fingerprint density at radius 3 is 1.55 bits per heavy atom. The fraction of sp³-hybridized carbons (Fsp3) is 0.476. The molecule has 21 rings (SSSR count). The molecular weight excluding hydrogens is 2040 g/mol. The van der Waals surface area contributed by atoms with Gasteiger partial charge >= 0.3 is 40.4 Å². The number of anilines is 5. The number of alkyl halides is 5. The molecule has 0 radical (unpaired) electrons. The SMILES string of the molecule is Nc1cc2c(ncn2[C@@H]2O[C@@H]3COP(O)(=S)O[C@H]4[C@H](F)[C@H](n5ccc6c(N)ncnc65)O[C@@H]4COP(=O)(S)O[C@@H]2[C@@H]3F)c(=O)[nH]1.Nc1nc2c(ncn2[C@@H]2S[C@@H]3COP(O)(=S)O[C@H]4[C@H](F)[C@H](n5nnc6c(N)ncnc65)O[C@@H]4COP(O)(=S)O[C@@H]2[C@H]3F)c(=O)[nH]1.Nc1ncnc2c1ccn2[C@@H]1O[C@@H]2COP(O)(=S)O[C@@H]3C[C@@H](COP(O)(=S)O[C@H]2[C@@H]1F)O[C@H]3n1cnc2c(=O)[nH]ccc21. The number of hydrogen-bond acceptors (Lipinski definition) is 44. The number of imidazole rings is 3. The Balaban J connectivity index is 0.000000129. The van der Waals surface area contributed by atoms with Crippen LogP contribution in [0.2, 0.25) is 0 Å². The Hall–Kier alpha value is -7.14. The van der Waals surface area contributed by atoms with Crippen molar-refractivity contribution < 1.29 is 129 Å². The maximum atomic E-state index is 16.0. The van der Waals surface area contributed by atoms with E-state index in [4.69, 9.17) is 166 Å². The molecule has 133 heavy (non-hydrogen) atoms. The molecule has 9 aliphatic heterocycles. The Labute approximate surface area is 772 Å². The molecule has 6 unspecified atom stereocenters. The van der Waals surface area contributed by atoms with E-state index in [2.05, 4.69) is 87.4 Å². The number of H-pyrrole nitrogens is 3. The van der Waals surface area contributed by atoms with Gasteiger partial charge in [-0.05, 0) is 77.2 Å². The van der Waals surface area contributed by atoms with Crippen molar-refractivity contribution in [3.63, 3.8) is 0 Å². The standard InChI is InChI=1S/C22H24F2N8O9P2S2.C22H24FN7O9P2S2.C19H21F2N11O8P2S3/c23-13-10-4-36-42(34,44)40-16-11(39-21(14(16)24)31-2-1-8-18(26)27-6-28-19(8)31)5-37-43(35,45)41-17(13)22(38-10)32-7-29-15-9(32)3-12(25)30-20(15)33;23-15-17-14(37-22(15)29-4-2-11-18(24)26-8-27-19(11)29)7-35-40(32,42)38-13-5-10(6-34-41(33,43)39-17)36-21(13)30-9-28-16-12(30)1-3-25-20(16)31;20-7-6-2-37-42(35,44)39-11-5(38-17(8(11)21)32-14-9(29-30-32)13(22)24-3-25-14)1-36-41(34,43)40-12(7)18(45-6)31-4-26-10-15(31)27-19(23)28-16(10)33/h1-3,6-7,10-11,13-14,16-17,21-22H,4-5H2,(H,34,44)(H,35,45)(H3,25,30,33)(H2,26,27,28);1-4,8-10,13-15,17,21-22H,5-7H2,(H,25,31)(H,32,42)(H,33,43)(H2,24,26,27);3-8,11-12,17-18H,1-2H2,(H,34,43)(H,35,44)(H2,22,24,25)(H3,23,27,28,33)/t10-,11-,13-,14+,16-,17-,21-,22-,42?,43?;10-,13+,14+,15-,17+,21+,22+,40?,41?;5-,6-,7+,8+,11-,12-,17-,18-,41?,42?/m101/s1. The number of halogens is 5. The van der Waals surface area contributed by atoms with Crippen molar-refractivity contribution in [1.82, 2.24) is 103 Å². The van der Waals surface area contributed by atoms with Crippen molar-refractivity contribution in [1.29, 1.82) is 0 Å². The molecule has 12 aromatic rings. The van der Waals surface area contributed by atoms with Gasteiger partial charge < -0.3 is 132 Å². The lowest BCUT2D eigenvalue weighted by atomic mass is 10.1. The van der Waals surface area contributed by atoms with E-state index in [1.807, 2.05) is 0 Å². The summed E-state index contributed by atoms with van der Waals surface area (Å²) in [6.07, 6.45) is -19.4. The van der Waals surface area contributed by atoms with Crippen molar-refractivity contribution >= 4 is 219 Å². The maximum absolute atomic E-state index is 16.0. The highest BCUT2D eigenvalue weighted by Gasteiger charge is 2.58. The summed E-state index contributed by atoms with van der Waals surface area (Å²) < 4.78 is 198. The number of nitrogens with zero attached hydrogens (tertiary/aromatic N) is 18. The average Bonchev–Trinajstić information content (AvgIpc) is 1.62. The Morgan fingerprint density at radius 1 is 0.451 bits per heavy atom. The fourth-order valence-electron chi connectivity index (χ4n) is 16.1. The highest BCUT2D eigenvalue weighted by Crippen LogP contribution is 2.62. The maximum Gasteiger partial charge on any atom is 0.386 e. The van der Waals surface area contributed by atoms with Crippen LogP contribution in [0.5, 0.6) is 0 Å². The van der Waals surface area contributed by atoms with Crippen LogP contribution < -0.4 is 45.3 Å². The first kappa shape index (κ1) is 94.8.